The third-order valence-corrected chi connectivity index (χ3v) is 3.86. The molecule has 0 atom stereocenters. The summed E-state index contributed by atoms with van der Waals surface area (Å²) in [6.45, 7) is -0.536. The maximum Gasteiger partial charge on any atom is 0.202 e. The van der Waals surface area contributed by atoms with E-state index < -0.39 is 35.2 Å². The molecule has 0 saturated carbocycles. The van der Waals surface area contributed by atoms with E-state index in [4.69, 9.17) is 10.5 Å². The van der Waals surface area contributed by atoms with Crippen molar-refractivity contribution in [2.45, 2.75) is 6.61 Å². The highest BCUT2D eigenvalue weighted by Gasteiger charge is 2.20. The number of benzene rings is 2. The van der Waals surface area contributed by atoms with Gasteiger partial charge in [-0.3, -0.25) is 4.79 Å². The molecule has 3 rings (SSSR count). The zero-order valence-corrected chi connectivity index (χ0v) is 13.0. The van der Waals surface area contributed by atoms with Gasteiger partial charge in [-0.25, -0.2) is 8.78 Å². The highest BCUT2D eigenvalue weighted by atomic mass is 19.2. The number of hydrogen-bond acceptors (Lipinski definition) is 4. The zero-order chi connectivity index (χ0) is 18.3. The van der Waals surface area contributed by atoms with Crippen molar-refractivity contribution in [2.75, 3.05) is 12.8 Å². The Kier molecular flexibility index (Phi) is 4.13. The van der Waals surface area contributed by atoms with Crippen molar-refractivity contribution in [1.29, 1.82) is 0 Å². The van der Waals surface area contributed by atoms with Gasteiger partial charge >= 0.3 is 0 Å². The van der Waals surface area contributed by atoms with E-state index in [1.807, 2.05) is 0 Å². The van der Waals surface area contributed by atoms with Gasteiger partial charge in [-0.15, -0.1) is 0 Å². The van der Waals surface area contributed by atoms with Crippen LogP contribution in [0.25, 0.3) is 16.6 Å². The Labute approximate surface area is 139 Å². The second kappa shape index (κ2) is 6.14. The molecule has 0 unspecified atom stereocenters. The topological polar surface area (TPSA) is 77.5 Å². The van der Waals surface area contributed by atoms with Gasteiger partial charge in [0, 0.05) is 17.8 Å². The minimum absolute atomic E-state index is 0.0605. The molecule has 0 fully saturated rings. The Morgan fingerprint density at radius 2 is 1.92 bits per heavy atom. The number of hydrogen-bond donors (Lipinski definition) is 2. The largest absolute Gasteiger partial charge is 0.491 e. The second-order valence-electron chi connectivity index (χ2n) is 5.31. The standard InChI is InChI=1S/C17H13F3N2O3/c1-25-17-15(20)11(19)5-9-14(24)2-3-22(16(9)17)13-6-12(21)10(18)4-8(13)7-23/h2-6,23H,7,21H2,1H3. The molecule has 0 radical (unpaired) electrons. The molecule has 0 saturated heterocycles. The van der Waals surface area contributed by atoms with Gasteiger partial charge in [-0.1, -0.05) is 0 Å². The van der Waals surface area contributed by atoms with Crippen LogP contribution >= 0.6 is 0 Å². The molecule has 8 heteroatoms. The number of ether oxygens (including phenoxy) is 1. The fourth-order valence-corrected chi connectivity index (χ4v) is 2.68. The van der Waals surface area contributed by atoms with Crippen LogP contribution in [0.1, 0.15) is 5.56 Å². The van der Waals surface area contributed by atoms with Crippen LogP contribution in [0.5, 0.6) is 5.75 Å². The molecule has 0 amide bonds. The first kappa shape index (κ1) is 16.8. The Morgan fingerprint density at radius 3 is 2.56 bits per heavy atom. The van der Waals surface area contributed by atoms with Crippen molar-refractivity contribution in [1.82, 2.24) is 4.57 Å². The van der Waals surface area contributed by atoms with Crippen LogP contribution in [0, 0.1) is 17.5 Å². The van der Waals surface area contributed by atoms with Crippen molar-refractivity contribution in [3.8, 4) is 11.4 Å². The van der Waals surface area contributed by atoms with E-state index in [9.17, 15) is 23.1 Å². The molecule has 0 aliphatic carbocycles. The van der Waals surface area contributed by atoms with Crippen molar-refractivity contribution in [3.05, 3.63) is 63.7 Å². The summed E-state index contributed by atoms with van der Waals surface area (Å²) in [5.74, 6) is -3.72. The summed E-state index contributed by atoms with van der Waals surface area (Å²) in [5.41, 5.74) is 5.11. The van der Waals surface area contributed by atoms with Gasteiger partial charge in [0.15, 0.2) is 17.0 Å². The van der Waals surface area contributed by atoms with E-state index >= 15 is 0 Å². The number of nitrogen functional groups attached to an aromatic ring is 1. The first-order chi connectivity index (χ1) is 11.9. The zero-order valence-electron chi connectivity index (χ0n) is 13.0. The third-order valence-electron chi connectivity index (χ3n) is 3.86. The molecule has 1 heterocycles. The normalized spacial score (nSPS) is 11.1. The summed E-state index contributed by atoms with van der Waals surface area (Å²) in [5, 5.41) is 9.36. The number of rotatable bonds is 3. The Morgan fingerprint density at radius 1 is 1.20 bits per heavy atom. The number of nitrogens with two attached hydrogens (primary N) is 1. The molecule has 5 nitrogen and oxygen atoms in total. The lowest BCUT2D eigenvalue weighted by Gasteiger charge is -2.17. The number of methoxy groups -OCH3 is 1. The maximum absolute atomic E-state index is 14.1. The summed E-state index contributed by atoms with van der Waals surface area (Å²) in [6, 6.07) is 4.16. The van der Waals surface area contributed by atoms with E-state index in [2.05, 4.69) is 0 Å². The lowest BCUT2D eigenvalue weighted by molar-refractivity contribution is 0.281. The highest BCUT2D eigenvalue weighted by Crippen LogP contribution is 2.32. The van der Waals surface area contributed by atoms with Gasteiger partial charge in [-0.2, -0.15) is 4.39 Å². The summed E-state index contributed by atoms with van der Waals surface area (Å²) in [7, 11) is 1.13. The number of aliphatic hydroxyl groups excluding tert-OH is 1. The van der Waals surface area contributed by atoms with Crippen LogP contribution in [0.3, 0.4) is 0 Å². The van der Waals surface area contributed by atoms with Gasteiger partial charge in [0.1, 0.15) is 11.3 Å². The van der Waals surface area contributed by atoms with Crippen LogP contribution < -0.4 is 15.9 Å². The second-order valence-corrected chi connectivity index (χ2v) is 5.31. The minimum Gasteiger partial charge on any atom is -0.491 e. The van der Waals surface area contributed by atoms with Crippen LogP contribution in [-0.2, 0) is 6.61 Å². The number of fused-ring (bicyclic) bond motifs is 1. The lowest BCUT2D eigenvalue weighted by atomic mass is 10.1. The number of aromatic nitrogens is 1. The third kappa shape index (κ3) is 2.60. The smallest absolute Gasteiger partial charge is 0.202 e. The molecule has 2 aromatic carbocycles. The summed E-state index contributed by atoms with van der Waals surface area (Å²) < 4.78 is 47.8. The van der Waals surface area contributed by atoms with E-state index in [0.717, 1.165) is 25.3 Å². The number of anilines is 1. The lowest BCUT2D eigenvalue weighted by Crippen LogP contribution is -2.12. The van der Waals surface area contributed by atoms with Gasteiger partial charge in [0.05, 0.1) is 30.5 Å². The average molecular weight is 350 g/mol. The van der Waals surface area contributed by atoms with Crippen LogP contribution in [0.15, 0.2) is 35.3 Å². The van der Waals surface area contributed by atoms with Gasteiger partial charge < -0.3 is 20.1 Å². The van der Waals surface area contributed by atoms with E-state index in [-0.39, 0.29) is 27.8 Å². The molecular formula is C17H13F3N2O3. The van der Waals surface area contributed by atoms with Gasteiger partial charge in [-0.05, 0) is 18.2 Å². The summed E-state index contributed by atoms with van der Waals surface area (Å²) >= 11 is 0. The Balaban J connectivity index is 2.51. The summed E-state index contributed by atoms with van der Waals surface area (Å²) in [6.07, 6.45) is 1.29. The number of halogens is 3. The molecule has 130 valence electrons. The molecule has 0 spiro atoms. The maximum atomic E-state index is 14.1. The van der Waals surface area contributed by atoms with Crippen molar-refractivity contribution >= 4 is 16.6 Å². The minimum atomic E-state index is -1.27. The number of pyridine rings is 1. The molecule has 25 heavy (non-hydrogen) atoms. The van der Waals surface area contributed by atoms with Crippen molar-refractivity contribution in [2.24, 2.45) is 0 Å². The van der Waals surface area contributed by atoms with E-state index in [1.54, 1.807) is 0 Å². The van der Waals surface area contributed by atoms with Crippen LogP contribution in [0.4, 0.5) is 18.9 Å². The monoisotopic (exact) mass is 350 g/mol. The molecule has 3 aromatic rings. The van der Waals surface area contributed by atoms with Crippen molar-refractivity contribution in [3.63, 3.8) is 0 Å². The van der Waals surface area contributed by atoms with Crippen LogP contribution in [-0.4, -0.2) is 16.8 Å². The number of nitrogens with zero attached hydrogens (tertiary/aromatic N) is 1. The fourth-order valence-electron chi connectivity index (χ4n) is 2.68. The summed E-state index contributed by atoms with van der Waals surface area (Å²) in [4.78, 5) is 12.1. The molecule has 0 bridgehead atoms. The predicted molar refractivity (Wildman–Crippen MR) is 86.3 cm³/mol. The molecule has 0 aliphatic rings. The molecular weight excluding hydrogens is 337 g/mol. The Hall–Kier alpha value is -3.00. The van der Waals surface area contributed by atoms with E-state index in [1.165, 1.54) is 16.8 Å². The highest BCUT2D eigenvalue weighted by molar-refractivity contribution is 5.87. The van der Waals surface area contributed by atoms with E-state index in [0.29, 0.717) is 0 Å². The molecule has 0 aliphatic heterocycles. The Bertz CT molecular complexity index is 1050. The number of aliphatic hydroxyl groups is 1. The fraction of sp³-hybridized carbons (Fsp3) is 0.118. The quantitative estimate of drug-likeness (QED) is 0.712. The SMILES string of the molecule is COc1c(F)c(F)cc2c(=O)ccn(-c3cc(N)c(F)cc3CO)c12. The first-order valence-electron chi connectivity index (χ1n) is 7.15. The van der Waals surface area contributed by atoms with Crippen LogP contribution in [0.2, 0.25) is 0 Å². The van der Waals surface area contributed by atoms with Gasteiger partial charge in [0.2, 0.25) is 5.82 Å². The van der Waals surface area contributed by atoms with Gasteiger partial charge in [0.25, 0.3) is 0 Å². The first-order valence-corrected chi connectivity index (χ1v) is 7.15. The average Bonchev–Trinajstić information content (AvgIpc) is 2.59. The molecule has 1 aromatic heterocycles. The predicted octanol–water partition coefficient (Wildman–Crippen LogP) is 2.49. The molecule has 3 N–H and O–H groups in total. The van der Waals surface area contributed by atoms with Crippen molar-refractivity contribution < 1.29 is 23.0 Å².